The first-order valence-corrected chi connectivity index (χ1v) is 9.64. The van der Waals surface area contributed by atoms with E-state index in [1.807, 2.05) is 24.3 Å². The van der Waals surface area contributed by atoms with Gasteiger partial charge in [-0.1, -0.05) is 46.3 Å². The lowest BCUT2D eigenvalue weighted by molar-refractivity contribution is -0.130. The van der Waals surface area contributed by atoms with Crippen molar-refractivity contribution in [1.29, 1.82) is 0 Å². The van der Waals surface area contributed by atoms with Crippen LogP contribution in [-0.2, 0) is 9.59 Å². The Balaban J connectivity index is 1.52. The van der Waals surface area contributed by atoms with E-state index in [2.05, 4.69) is 21.2 Å². The van der Waals surface area contributed by atoms with Crippen molar-refractivity contribution in [2.75, 3.05) is 18.4 Å². The van der Waals surface area contributed by atoms with Crippen molar-refractivity contribution in [1.82, 2.24) is 4.90 Å². The molecule has 1 aliphatic rings. The van der Waals surface area contributed by atoms with E-state index in [1.54, 1.807) is 35.3 Å². The number of hydrogen-bond donors (Lipinski definition) is 2. The van der Waals surface area contributed by atoms with Gasteiger partial charge >= 0.3 is 0 Å². The molecule has 1 heterocycles. The van der Waals surface area contributed by atoms with Crippen LogP contribution in [0.5, 0.6) is 5.75 Å². The maximum atomic E-state index is 12.4. The van der Waals surface area contributed by atoms with Crippen LogP contribution in [0.1, 0.15) is 18.4 Å². The quantitative estimate of drug-likeness (QED) is 0.569. The molecule has 0 saturated carbocycles. The van der Waals surface area contributed by atoms with Gasteiger partial charge in [0, 0.05) is 29.6 Å². The molecule has 1 aliphatic heterocycles. The first-order chi connectivity index (χ1) is 13.0. The first-order valence-electron chi connectivity index (χ1n) is 8.85. The molecule has 0 bridgehead atoms. The molecule has 140 valence electrons. The van der Waals surface area contributed by atoms with Crippen molar-refractivity contribution in [3.63, 3.8) is 0 Å². The Kier molecular flexibility index (Phi) is 6.29. The van der Waals surface area contributed by atoms with Gasteiger partial charge in [-0.3, -0.25) is 9.59 Å². The zero-order chi connectivity index (χ0) is 19.2. The van der Waals surface area contributed by atoms with Crippen molar-refractivity contribution in [2.24, 2.45) is 5.92 Å². The number of benzene rings is 2. The molecule has 0 radical (unpaired) electrons. The normalized spacial score (nSPS) is 15.1. The van der Waals surface area contributed by atoms with Crippen LogP contribution in [0.4, 0.5) is 5.69 Å². The van der Waals surface area contributed by atoms with Crippen molar-refractivity contribution in [3.05, 3.63) is 64.6 Å². The van der Waals surface area contributed by atoms with E-state index < -0.39 is 0 Å². The number of halogens is 1. The lowest BCUT2D eigenvalue weighted by Gasteiger charge is -2.30. The van der Waals surface area contributed by atoms with Gasteiger partial charge in [0.15, 0.2) is 0 Å². The Morgan fingerprint density at radius 3 is 2.44 bits per heavy atom. The molecule has 2 N–H and O–H groups in total. The molecular weight excluding hydrogens is 408 g/mol. The molecule has 2 aromatic carbocycles. The van der Waals surface area contributed by atoms with E-state index in [0.717, 1.165) is 10.0 Å². The molecule has 2 aromatic rings. The van der Waals surface area contributed by atoms with Gasteiger partial charge in [-0.15, -0.1) is 0 Å². The summed E-state index contributed by atoms with van der Waals surface area (Å²) in [6, 6.07) is 14.4. The second kappa shape index (κ2) is 8.86. The van der Waals surface area contributed by atoms with Crippen LogP contribution in [0.15, 0.2) is 59.1 Å². The summed E-state index contributed by atoms with van der Waals surface area (Å²) in [6.07, 6.45) is 4.58. The summed E-state index contributed by atoms with van der Waals surface area (Å²) in [4.78, 5) is 26.5. The van der Waals surface area contributed by atoms with Gasteiger partial charge in [-0.2, -0.15) is 0 Å². The number of amides is 2. The Morgan fingerprint density at radius 1 is 1.07 bits per heavy atom. The predicted octanol–water partition coefficient (Wildman–Crippen LogP) is 4.05. The summed E-state index contributed by atoms with van der Waals surface area (Å²) in [5.41, 5.74) is 1.36. The molecule has 5 nitrogen and oxygen atoms in total. The standard InChI is InChI=1S/C21H21BrN2O3/c22-17-6-2-1-5-15(17)9-10-20(26)24-13-11-16(12-14-24)21(27)23-18-7-3-4-8-19(18)25/h1-10,16,25H,11-14H2,(H,23,27). The number of anilines is 1. The van der Waals surface area contributed by atoms with Gasteiger partial charge in [0.1, 0.15) is 5.75 Å². The highest BCUT2D eigenvalue weighted by molar-refractivity contribution is 9.10. The summed E-state index contributed by atoms with van der Waals surface area (Å²) in [6.45, 7) is 1.08. The number of piperidine rings is 1. The highest BCUT2D eigenvalue weighted by atomic mass is 79.9. The summed E-state index contributed by atoms with van der Waals surface area (Å²) in [5.74, 6) is -0.283. The monoisotopic (exact) mass is 428 g/mol. The maximum Gasteiger partial charge on any atom is 0.246 e. The Hall–Kier alpha value is -2.60. The van der Waals surface area contributed by atoms with E-state index in [0.29, 0.717) is 31.6 Å². The SMILES string of the molecule is O=C(Nc1ccccc1O)C1CCN(C(=O)C=Cc2ccccc2Br)CC1. The second-order valence-electron chi connectivity index (χ2n) is 6.46. The van der Waals surface area contributed by atoms with Crippen LogP contribution >= 0.6 is 15.9 Å². The van der Waals surface area contributed by atoms with Gasteiger partial charge in [0.05, 0.1) is 5.69 Å². The van der Waals surface area contributed by atoms with Gasteiger partial charge < -0.3 is 15.3 Å². The molecule has 1 saturated heterocycles. The molecular formula is C21H21BrN2O3. The number of phenols is 1. The van der Waals surface area contributed by atoms with E-state index in [1.165, 1.54) is 6.07 Å². The van der Waals surface area contributed by atoms with Crippen LogP contribution in [-0.4, -0.2) is 34.9 Å². The van der Waals surface area contributed by atoms with Crippen LogP contribution in [0.2, 0.25) is 0 Å². The Labute approximate surface area is 166 Å². The molecule has 0 atom stereocenters. The number of aromatic hydroxyl groups is 1. The van der Waals surface area contributed by atoms with Gasteiger partial charge in [0.2, 0.25) is 11.8 Å². The minimum atomic E-state index is -0.166. The number of likely N-dealkylation sites (tertiary alicyclic amines) is 1. The van der Waals surface area contributed by atoms with E-state index >= 15 is 0 Å². The van der Waals surface area contributed by atoms with Crippen molar-refractivity contribution in [3.8, 4) is 5.75 Å². The minimum absolute atomic E-state index is 0.0506. The van der Waals surface area contributed by atoms with Crippen LogP contribution in [0, 0.1) is 5.92 Å². The fraction of sp³-hybridized carbons (Fsp3) is 0.238. The van der Waals surface area contributed by atoms with E-state index in [-0.39, 0.29) is 23.5 Å². The molecule has 2 amide bonds. The predicted molar refractivity (Wildman–Crippen MR) is 109 cm³/mol. The number of rotatable bonds is 4. The van der Waals surface area contributed by atoms with Crippen LogP contribution in [0.3, 0.4) is 0 Å². The molecule has 6 heteroatoms. The summed E-state index contributed by atoms with van der Waals surface area (Å²) >= 11 is 3.46. The van der Waals surface area contributed by atoms with E-state index in [4.69, 9.17) is 0 Å². The lowest BCUT2D eigenvalue weighted by atomic mass is 9.95. The van der Waals surface area contributed by atoms with E-state index in [9.17, 15) is 14.7 Å². The van der Waals surface area contributed by atoms with Gasteiger partial charge in [0.25, 0.3) is 0 Å². The number of nitrogens with one attached hydrogen (secondary N) is 1. The average molecular weight is 429 g/mol. The molecule has 27 heavy (non-hydrogen) atoms. The number of carbonyl (C=O) groups is 2. The number of carbonyl (C=O) groups excluding carboxylic acids is 2. The summed E-state index contributed by atoms with van der Waals surface area (Å²) in [5, 5.41) is 12.5. The van der Waals surface area contributed by atoms with Crippen LogP contribution < -0.4 is 5.32 Å². The summed E-state index contributed by atoms with van der Waals surface area (Å²) in [7, 11) is 0. The van der Waals surface area contributed by atoms with Crippen LogP contribution in [0.25, 0.3) is 6.08 Å². The topological polar surface area (TPSA) is 69.6 Å². The molecule has 0 spiro atoms. The fourth-order valence-electron chi connectivity index (χ4n) is 3.05. The highest BCUT2D eigenvalue weighted by Gasteiger charge is 2.27. The molecule has 0 aliphatic carbocycles. The van der Waals surface area contributed by atoms with Crippen molar-refractivity contribution < 1.29 is 14.7 Å². The third-order valence-corrected chi connectivity index (χ3v) is 5.37. The zero-order valence-corrected chi connectivity index (χ0v) is 16.4. The molecule has 0 aromatic heterocycles. The van der Waals surface area contributed by atoms with Gasteiger partial charge in [-0.25, -0.2) is 0 Å². The van der Waals surface area contributed by atoms with Gasteiger partial charge in [-0.05, 0) is 42.7 Å². The first kappa shape index (κ1) is 19.2. The fourth-order valence-corrected chi connectivity index (χ4v) is 3.47. The highest BCUT2D eigenvalue weighted by Crippen LogP contribution is 2.25. The number of hydrogen-bond acceptors (Lipinski definition) is 3. The largest absolute Gasteiger partial charge is 0.506 e. The summed E-state index contributed by atoms with van der Waals surface area (Å²) < 4.78 is 0.939. The minimum Gasteiger partial charge on any atom is -0.506 e. The number of para-hydroxylation sites is 2. The van der Waals surface area contributed by atoms with Crippen molar-refractivity contribution in [2.45, 2.75) is 12.8 Å². The lowest BCUT2D eigenvalue weighted by Crippen LogP contribution is -2.40. The second-order valence-corrected chi connectivity index (χ2v) is 7.32. The maximum absolute atomic E-state index is 12.4. The molecule has 0 unspecified atom stereocenters. The zero-order valence-electron chi connectivity index (χ0n) is 14.8. The Bertz CT molecular complexity index is 858. The average Bonchev–Trinajstić information content (AvgIpc) is 2.69. The Morgan fingerprint density at radius 2 is 1.74 bits per heavy atom. The molecule has 1 fully saturated rings. The van der Waals surface area contributed by atoms with Crippen molar-refractivity contribution >= 4 is 39.5 Å². The molecule has 3 rings (SSSR count). The third-order valence-electron chi connectivity index (χ3n) is 4.65. The third kappa shape index (κ3) is 4.98. The number of phenolic OH excluding ortho intramolecular Hbond substituents is 1. The smallest absolute Gasteiger partial charge is 0.246 e. The number of nitrogens with zero attached hydrogens (tertiary/aromatic N) is 1.